The number of nitrogens with one attached hydrogen (secondary N) is 2. The lowest BCUT2D eigenvalue weighted by molar-refractivity contribution is 0.579. The first kappa shape index (κ1) is 11.4. The monoisotopic (exact) mass is 236 g/mol. The van der Waals surface area contributed by atoms with E-state index in [1.54, 1.807) is 12.3 Å². The Bertz CT molecular complexity index is 432. The van der Waals surface area contributed by atoms with Crippen LogP contribution in [-0.2, 0) is 16.6 Å². The molecule has 0 fully saturated rings. The second-order valence-corrected chi connectivity index (χ2v) is 5.58. The molecule has 0 saturated heterocycles. The number of sulfonamides is 1. The van der Waals surface area contributed by atoms with E-state index in [-0.39, 0.29) is 17.2 Å². The van der Waals surface area contributed by atoms with E-state index in [1.165, 1.54) is 0 Å². The molecule has 0 bridgehead atoms. The molecule has 7 heteroatoms. The first-order valence-corrected chi connectivity index (χ1v) is 6.70. The van der Waals surface area contributed by atoms with Crippen LogP contribution < -0.4 is 9.60 Å². The molecule has 80 valence electrons. The third kappa shape index (κ3) is 3.60. The number of hydrogen-bond acceptors (Lipinski definition) is 4. The van der Waals surface area contributed by atoms with Gasteiger partial charge in [-0.1, -0.05) is 18.3 Å². The van der Waals surface area contributed by atoms with Crippen LogP contribution in [0.15, 0.2) is 10.2 Å². The van der Waals surface area contributed by atoms with Crippen LogP contribution in [0, 0.1) is 0 Å². The van der Waals surface area contributed by atoms with Gasteiger partial charge in [0, 0.05) is 11.1 Å². The molecule has 0 spiro atoms. The second kappa shape index (κ2) is 4.72. The van der Waals surface area contributed by atoms with Crippen LogP contribution in [-0.4, -0.2) is 19.2 Å². The van der Waals surface area contributed by atoms with Crippen molar-refractivity contribution in [2.75, 3.05) is 5.75 Å². The Morgan fingerprint density at radius 3 is 2.79 bits per heavy atom. The van der Waals surface area contributed by atoms with Crippen molar-refractivity contribution in [2.24, 2.45) is 0 Å². The van der Waals surface area contributed by atoms with Crippen LogP contribution in [0.4, 0.5) is 0 Å². The second-order valence-electron chi connectivity index (χ2n) is 2.81. The van der Waals surface area contributed by atoms with Crippen LogP contribution in [0.2, 0.25) is 0 Å². The zero-order chi connectivity index (χ0) is 10.6. The summed E-state index contributed by atoms with van der Waals surface area (Å²) in [6, 6.07) is 0. The Balaban J connectivity index is 2.53. The van der Waals surface area contributed by atoms with Crippen molar-refractivity contribution < 1.29 is 8.42 Å². The first-order valence-electron chi connectivity index (χ1n) is 4.17. The summed E-state index contributed by atoms with van der Waals surface area (Å²) in [5, 5.41) is 1.61. The Hall–Kier alpha value is -0.660. The van der Waals surface area contributed by atoms with Gasteiger partial charge in [0.15, 0.2) is 0 Å². The molecule has 1 aromatic heterocycles. The number of aromatic nitrogens is 1. The lowest BCUT2D eigenvalue weighted by Gasteiger charge is -2.02. The van der Waals surface area contributed by atoms with Gasteiger partial charge in [-0.05, 0) is 6.42 Å². The zero-order valence-corrected chi connectivity index (χ0v) is 9.37. The van der Waals surface area contributed by atoms with Gasteiger partial charge in [-0.15, -0.1) is 0 Å². The van der Waals surface area contributed by atoms with E-state index in [0.717, 1.165) is 11.3 Å². The third-order valence-electron chi connectivity index (χ3n) is 1.53. The minimum atomic E-state index is -3.19. The molecule has 0 aromatic carbocycles. The fourth-order valence-electron chi connectivity index (χ4n) is 0.929. The molecule has 14 heavy (non-hydrogen) atoms. The molecule has 0 aliphatic heterocycles. The van der Waals surface area contributed by atoms with Gasteiger partial charge in [-0.25, -0.2) is 13.1 Å². The molecule has 1 rings (SSSR count). The highest BCUT2D eigenvalue weighted by Crippen LogP contribution is 1.97. The highest BCUT2D eigenvalue weighted by atomic mass is 32.2. The largest absolute Gasteiger partial charge is 0.315 e. The summed E-state index contributed by atoms with van der Waals surface area (Å²) < 4.78 is 24.8. The maximum absolute atomic E-state index is 11.2. The summed E-state index contributed by atoms with van der Waals surface area (Å²) in [4.78, 5) is 13.1. The van der Waals surface area contributed by atoms with Crippen LogP contribution in [0.1, 0.15) is 19.0 Å². The van der Waals surface area contributed by atoms with E-state index in [1.807, 2.05) is 0 Å². The minimum Gasteiger partial charge on any atom is -0.315 e. The van der Waals surface area contributed by atoms with Gasteiger partial charge in [0.25, 0.3) is 0 Å². The third-order valence-corrected chi connectivity index (χ3v) is 3.77. The topological polar surface area (TPSA) is 79.0 Å². The molecule has 5 nitrogen and oxygen atoms in total. The van der Waals surface area contributed by atoms with E-state index < -0.39 is 10.0 Å². The van der Waals surface area contributed by atoms with Gasteiger partial charge < -0.3 is 4.98 Å². The average Bonchev–Trinajstić information content (AvgIpc) is 2.48. The van der Waals surface area contributed by atoms with Crippen LogP contribution in [0.25, 0.3) is 0 Å². The number of H-pyrrole nitrogens is 1. The van der Waals surface area contributed by atoms with E-state index in [9.17, 15) is 13.2 Å². The van der Waals surface area contributed by atoms with Crippen LogP contribution >= 0.6 is 11.3 Å². The average molecular weight is 236 g/mol. The predicted octanol–water partition coefficient (Wildman–Crippen LogP) is 0.266. The lowest BCUT2D eigenvalue weighted by Crippen LogP contribution is -2.26. The van der Waals surface area contributed by atoms with Crippen LogP contribution in [0.3, 0.4) is 0 Å². The Kier molecular flexibility index (Phi) is 3.85. The zero-order valence-electron chi connectivity index (χ0n) is 7.74. The van der Waals surface area contributed by atoms with Gasteiger partial charge in [0.2, 0.25) is 10.0 Å². The normalized spacial score (nSPS) is 11.8. The number of aromatic amines is 1. The lowest BCUT2D eigenvalue weighted by atomic mass is 10.5. The minimum absolute atomic E-state index is 0.112. The number of hydrogen-bond donors (Lipinski definition) is 2. The molecule has 2 N–H and O–H groups in total. The first-order chi connectivity index (χ1) is 6.53. The smallest absolute Gasteiger partial charge is 0.304 e. The van der Waals surface area contributed by atoms with Crippen molar-refractivity contribution in [3.8, 4) is 0 Å². The maximum Gasteiger partial charge on any atom is 0.304 e. The van der Waals surface area contributed by atoms with E-state index in [4.69, 9.17) is 0 Å². The number of rotatable bonds is 5. The summed E-state index contributed by atoms with van der Waals surface area (Å²) in [7, 11) is -3.19. The molecular formula is C7H12N2O3S2. The summed E-state index contributed by atoms with van der Waals surface area (Å²) >= 11 is 1.02. The molecule has 0 aliphatic rings. The molecule has 1 heterocycles. The quantitative estimate of drug-likeness (QED) is 0.770. The summed E-state index contributed by atoms with van der Waals surface area (Å²) in [6.45, 7) is 1.95. The van der Waals surface area contributed by atoms with Crippen molar-refractivity contribution in [3.05, 3.63) is 20.7 Å². The Morgan fingerprint density at radius 1 is 1.57 bits per heavy atom. The molecule has 0 unspecified atom stereocenters. The molecule has 0 atom stereocenters. The van der Waals surface area contributed by atoms with Gasteiger partial charge in [-0.3, -0.25) is 4.79 Å². The molecular weight excluding hydrogens is 224 g/mol. The summed E-state index contributed by atoms with van der Waals surface area (Å²) in [6.07, 6.45) is 0.579. The highest BCUT2D eigenvalue weighted by molar-refractivity contribution is 7.89. The van der Waals surface area contributed by atoms with Crippen LogP contribution in [0.5, 0.6) is 0 Å². The van der Waals surface area contributed by atoms with Gasteiger partial charge in [-0.2, -0.15) is 0 Å². The maximum atomic E-state index is 11.2. The molecule has 0 saturated carbocycles. The molecule has 0 aliphatic carbocycles. The number of thiazole rings is 1. The highest BCUT2D eigenvalue weighted by Gasteiger charge is 2.08. The Morgan fingerprint density at radius 2 is 2.29 bits per heavy atom. The van der Waals surface area contributed by atoms with Gasteiger partial charge in [0.05, 0.1) is 12.3 Å². The molecule has 0 amide bonds. The summed E-state index contributed by atoms with van der Waals surface area (Å²) in [5.41, 5.74) is 0.597. The fraction of sp³-hybridized carbons (Fsp3) is 0.571. The fourth-order valence-corrected chi connectivity index (χ4v) is 2.57. The predicted molar refractivity (Wildman–Crippen MR) is 55.9 cm³/mol. The van der Waals surface area contributed by atoms with Crippen molar-refractivity contribution in [3.63, 3.8) is 0 Å². The molecule has 1 aromatic rings. The van der Waals surface area contributed by atoms with E-state index >= 15 is 0 Å². The molecule has 0 radical (unpaired) electrons. The van der Waals surface area contributed by atoms with Crippen molar-refractivity contribution in [2.45, 2.75) is 19.9 Å². The van der Waals surface area contributed by atoms with Crippen molar-refractivity contribution >= 4 is 21.4 Å². The van der Waals surface area contributed by atoms with Gasteiger partial charge >= 0.3 is 4.87 Å². The standard InChI is InChI=1S/C7H12N2O3S2/c1-2-3-14(11,12)8-4-6-5-13-7(10)9-6/h5,8H,2-4H2,1H3,(H,9,10). The van der Waals surface area contributed by atoms with Crippen molar-refractivity contribution in [1.82, 2.24) is 9.71 Å². The Labute approximate surface area is 86.2 Å². The SMILES string of the molecule is CCCS(=O)(=O)NCc1csc(=O)[nH]1. The van der Waals surface area contributed by atoms with E-state index in [2.05, 4.69) is 9.71 Å². The van der Waals surface area contributed by atoms with Gasteiger partial charge in [0.1, 0.15) is 0 Å². The summed E-state index contributed by atoms with van der Waals surface area (Å²) in [5.74, 6) is 0.112. The van der Waals surface area contributed by atoms with E-state index in [0.29, 0.717) is 12.1 Å². The van der Waals surface area contributed by atoms with Crippen molar-refractivity contribution in [1.29, 1.82) is 0 Å².